The molecule has 28 heavy (non-hydrogen) atoms. The third-order valence-electron chi connectivity index (χ3n) is 4.10. The average Bonchev–Trinajstić information content (AvgIpc) is 3.27. The maximum absolute atomic E-state index is 12.5. The fourth-order valence-electron chi connectivity index (χ4n) is 2.65. The molecule has 0 bridgehead atoms. The second-order valence-corrected chi connectivity index (χ2v) is 6.75. The quantitative estimate of drug-likeness (QED) is 0.521. The summed E-state index contributed by atoms with van der Waals surface area (Å²) in [6.45, 7) is 0. The summed E-state index contributed by atoms with van der Waals surface area (Å²) in [6.07, 6.45) is 3.21. The molecule has 8 nitrogen and oxygen atoms in total. The Labute approximate surface area is 163 Å². The Balaban J connectivity index is 1.57. The molecule has 4 aromatic heterocycles. The van der Waals surface area contributed by atoms with Crippen molar-refractivity contribution < 1.29 is 9.59 Å². The van der Waals surface area contributed by atoms with Crippen LogP contribution in [0.5, 0.6) is 0 Å². The number of carbonyl (C=O) groups is 2. The molecule has 0 unspecified atom stereocenters. The summed E-state index contributed by atoms with van der Waals surface area (Å²) >= 11 is 1.41. The first-order valence-corrected chi connectivity index (χ1v) is 9.25. The Morgan fingerprint density at radius 1 is 1.11 bits per heavy atom. The summed E-state index contributed by atoms with van der Waals surface area (Å²) in [5, 5.41) is 12.0. The van der Waals surface area contributed by atoms with Crippen LogP contribution in [0.3, 0.4) is 0 Å². The van der Waals surface area contributed by atoms with Crippen LogP contribution >= 0.6 is 11.3 Å². The van der Waals surface area contributed by atoms with Gasteiger partial charge in [-0.05, 0) is 30.3 Å². The van der Waals surface area contributed by atoms with Crippen LogP contribution < -0.4 is 5.32 Å². The highest BCUT2D eigenvalue weighted by Crippen LogP contribution is 2.22. The van der Waals surface area contributed by atoms with Crippen molar-refractivity contribution in [3.63, 3.8) is 0 Å². The molecule has 0 saturated heterocycles. The maximum atomic E-state index is 12.5. The van der Waals surface area contributed by atoms with E-state index in [-0.39, 0.29) is 23.8 Å². The average molecular weight is 390 g/mol. The molecular formula is C19H14N6O2S. The van der Waals surface area contributed by atoms with Gasteiger partial charge in [-0.3, -0.25) is 19.6 Å². The molecule has 9 heteroatoms. The molecule has 138 valence electrons. The molecule has 0 aliphatic heterocycles. The van der Waals surface area contributed by atoms with Crippen LogP contribution in [0, 0.1) is 0 Å². The first-order valence-electron chi connectivity index (χ1n) is 8.37. The van der Waals surface area contributed by atoms with E-state index in [0.717, 1.165) is 21.6 Å². The van der Waals surface area contributed by atoms with Crippen molar-refractivity contribution in [1.82, 2.24) is 30.5 Å². The van der Waals surface area contributed by atoms with Gasteiger partial charge in [-0.1, -0.05) is 11.3 Å². The molecule has 0 aliphatic carbocycles. The predicted octanol–water partition coefficient (Wildman–Crippen LogP) is 2.33. The molecule has 4 heterocycles. The number of amides is 1. The minimum Gasteiger partial charge on any atom is -0.354 e. The summed E-state index contributed by atoms with van der Waals surface area (Å²) in [6, 6.07) is 8.70. The smallest absolute Gasteiger partial charge is 0.269 e. The zero-order valence-corrected chi connectivity index (χ0v) is 15.6. The van der Waals surface area contributed by atoms with Crippen molar-refractivity contribution in [3.8, 4) is 10.7 Å². The van der Waals surface area contributed by atoms with Crippen molar-refractivity contribution in [2.45, 2.75) is 6.42 Å². The van der Waals surface area contributed by atoms with Gasteiger partial charge in [0.25, 0.3) is 5.91 Å². The summed E-state index contributed by atoms with van der Waals surface area (Å²) in [5.41, 5.74) is 4.41. The van der Waals surface area contributed by atoms with Gasteiger partial charge >= 0.3 is 0 Å². The molecular weight excluding hydrogens is 376 g/mol. The number of pyridine rings is 3. The fraction of sp³-hybridized carbons (Fsp3) is 0.105. The zero-order valence-electron chi connectivity index (χ0n) is 14.8. The van der Waals surface area contributed by atoms with Crippen LogP contribution in [0.15, 0.2) is 48.2 Å². The minimum atomic E-state index is -0.299. The first kappa shape index (κ1) is 17.8. The van der Waals surface area contributed by atoms with Gasteiger partial charge in [-0.2, -0.15) is 0 Å². The van der Waals surface area contributed by atoms with Gasteiger partial charge < -0.3 is 5.32 Å². The van der Waals surface area contributed by atoms with E-state index in [2.05, 4.69) is 30.5 Å². The van der Waals surface area contributed by atoms with Crippen LogP contribution in [0.2, 0.25) is 0 Å². The summed E-state index contributed by atoms with van der Waals surface area (Å²) in [5.74, 6) is -0.435. The van der Waals surface area contributed by atoms with E-state index in [0.29, 0.717) is 11.3 Å². The van der Waals surface area contributed by atoms with E-state index in [1.54, 1.807) is 23.8 Å². The fourth-order valence-corrected chi connectivity index (χ4v) is 3.17. The molecule has 4 aromatic rings. The predicted molar refractivity (Wildman–Crippen MR) is 104 cm³/mol. The Hall–Kier alpha value is -3.59. The molecule has 0 saturated carbocycles. The number of nitrogens with one attached hydrogen (secondary N) is 1. The van der Waals surface area contributed by atoms with Gasteiger partial charge in [0.2, 0.25) is 0 Å². The van der Waals surface area contributed by atoms with Crippen LogP contribution in [0.25, 0.3) is 21.6 Å². The number of ketones is 1. The lowest BCUT2D eigenvalue weighted by Gasteiger charge is -2.05. The highest BCUT2D eigenvalue weighted by molar-refractivity contribution is 7.12. The van der Waals surface area contributed by atoms with E-state index >= 15 is 0 Å². The van der Waals surface area contributed by atoms with E-state index in [4.69, 9.17) is 0 Å². The molecule has 0 spiro atoms. The Morgan fingerprint density at radius 3 is 2.71 bits per heavy atom. The standard InChI is InChI=1S/C19H14N6O2S/c1-20-18(27)14-4-3-12(9-22-14)17(26)7-13-6-16-11(8-21-13)2-5-15(24-16)19-25-23-10-28-19/h2-6,8-10H,7H2,1H3,(H,20,27). The number of nitrogens with zero attached hydrogens (tertiary/aromatic N) is 5. The van der Waals surface area contributed by atoms with Crippen molar-refractivity contribution in [2.24, 2.45) is 0 Å². The number of hydrogen-bond acceptors (Lipinski definition) is 8. The third-order valence-corrected chi connectivity index (χ3v) is 4.81. The van der Waals surface area contributed by atoms with E-state index in [9.17, 15) is 9.59 Å². The highest BCUT2D eigenvalue weighted by atomic mass is 32.1. The van der Waals surface area contributed by atoms with E-state index < -0.39 is 0 Å². The summed E-state index contributed by atoms with van der Waals surface area (Å²) in [4.78, 5) is 37.1. The lowest BCUT2D eigenvalue weighted by molar-refractivity contribution is 0.0953. The molecule has 0 radical (unpaired) electrons. The molecule has 0 aromatic carbocycles. The monoisotopic (exact) mass is 390 g/mol. The lowest BCUT2D eigenvalue weighted by Crippen LogP contribution is -2.19. The SMILES string of the molecule is CNC(=O)c1ccc(C(=O)Cc2cc3nc(-c4nncs4)ccc3cn2)cn1. The van der Waals surface area contributed by atoms with E-state index in [1.807, 2.05) is 12.1 Å². The number of Topliss-reactive ketones (excluding diaryl/α,β-unsaturated/α-hetero) is 1. The molecule has 1 N–H and O–H groups in total. The topological polar surface area (TPSA) is 111 Å². The highest BCUT2D eigenvalue weighted by Gasteiger charge is 2.12. The Kier molecular flexibility index (Phi) is 4.81. The van der Waals surface area contributed by atoms with Crippen molar-refractivity contribution in [2.75, 3.05) is 7.05 Å². The molecule has 1 amide bonds. The summed E-state index contributed by atoms with van der Waals surface area (Å²) < 4.78 is 0. The number of fused-ring (bicyclic) bond motifs is 1. The van der Waals surface area contributed by atoms with Crippen LogP contribution in [0.4, 0.5) is 0 Å². The largest absolute Gasteiger partial charge is 0.354 e. The van der Waals surface area contributed by atoms with Crippen molar-refractivity contribution in [3.05, 3.63) is 65.2 Å². The third kappa shape index (κ3) is 3.60. The number of rotatable bonds is 5. The molecule has 0 fully saturated rings. The Bertz CT molecular complexity index is 1160. The number of hydrogen-bond donors (Lipinski definition) is 1. The van der Waals surface area contributed by atoms with Crippen LogP contribution in [0.1, 0.15) is 26.5 Å². The molecule has 0 atom stereocenters. The second kappa shape index (κ2) is 7.57. The number of carbonyl (C=O) groups excluding carboxylic acids is 2. The van der Waals surface area contributed by atoms with E-state index in [1.165, 1.54) is 30.6 Å². The van der Waals surface area contributed by atoms with Crippen LogP contribution in [-0.4, -0.2) is 43.9 Å². The van der Waals surface area contributed by atoms with Gasteiger partial charge in [0, 0.05) is 30.4 Å². The zero-order chi connectivity index (χ0) is 19.5. The van der Waals surface area contributed by atoms with Crippen molar-refractivity contribution >= 4 is 33.9 Å². The second-order valence-electron chi connectivity index (χ2n) is 5.92. The minimum absolute atomic E-state index is 0.113. The van der Waals surface area contributed by atoms with Crippen molar-refractivity contribution in [1.29, 1.82) is 0 Å². The van der Waals surface area contributed by atoms with Gasteiger partial charge in [0.1, 0.15) is 16.9 Å². The molecule has 0 aliphatic rings. The van der Waals surface area contributed by atoms with Gasteiger partial charge in [-0.25, -0.2) is 4.98 Å². The normalized spacial score (nSPS) is 10.8. The Morgan fingerprint density at radius 2 is 2.00 bits per heavy atom. The lowest BCUT2D eigenvalue weighted by atomic mass is 10.1. The summed E-state index contributed by atoms with van der Waals surface area (Å²) in [7, 11) is 1.53. The van der Waals surface area contributed by atoms with Gasteiger partial charge in [0.05, 0.1) is 17.6 Å². The number of aromatic nitrogens is 5. The van der Waals surface area contributed by atoms with Gasteiger partial charge in [0.15, 0.2) is 10.8 Å². The van der Waals surface area contributed by atoms with Gasteiger partial charge in [-0.15, -0.1) is 10.2 Å². The maximum Gasteiger partial charge on any atom is 0.269 e. The first-order chi connectivity index (χ1) is 13.6. The van der Waals surface area contributed by atoms with Crippen LogP contribution in [-0.2, 0) is 6.42 Å². The molecule has 4 rings (SSSR count).